The molecule has 1 aromatic heterocycles. The Labute approximate surface area is 68.4 Å². The van der Waals surface area contributed by atoms with Gasteiger partial charge in [-0.05, 0) is 6.54 Å². The molecule has 2 N–H and O–H groups in total. The van der Waals surface area contributed by atoms with Crippen LogP contribution in [0, 0.1) is 0 Å². The number of rotatable bonds is 3. The van der Waals surface area contributed by atoms with Gasteiger partial charge >= 0.3 is 0 Å². The zero-order valence-corrected chi connectivity index (χ0v) is 6.67. The maximum absolute atomic E-state index is 13.1. The molecule has 0 saturated carbocycles. The van der Waals surface area contributed by atoms with Crippen molar-refractivity contribution in [1.29, 1.82) is 0 Å². The van der Waals surface area contributed by atoms with E-state index in [2.05, 4.69) is 10.3 Å². The Hall–Kier alpha value is -1.04. The molecule has 0 saturated heterocycles. The molecule has 0 bridgehead atoms. The number of hydrogen-bond acceptors (Lipinski definition) is 3. The second-order valence-electron chi connectivity index (χ2n) is 2.49. The third-order valence-electron chi connectivity index (χ3n) is 1.55. The normalized spacial score (nSPS) is 12.0. The van der Waals surface area contributed by atoms with E-state index in [1.807, 2.05) is 0 Å². The van der Waals surface area contributed by atoms with E-state index in [1.165, 1.54) is 7.05 Å². The van der Waals surface area contributed by atoms with E-state index in [1.54, 1.807) is 0 Å². The summed E-state index contributed by atoms with van der Waals surface area (Å²) < 4.78 is 27.2. The molecule has 0 amide bonds. The molecule has 68 valence electrons. The van der Waals surface area contributed by atoms with Crippen molar-refractivity contribution in [3.8, 4) is 0 Å². The summed E-state index contributed by atoms with van der Waals surface area (Å²) in [6.07, 6.45) is 0.671. The number of aromatic nitrogens is 3. The van der Waals surface area contributed by atoms with Gasteiger partial charge in [-0.2, -0.15) is 8.78 Å². The van der Waals surface area contributed by atoms with E-state index < -0.39 is 5.92 Å². The van der Waals surface area contributed by atoms with Crippen LogP contribution in [0.5, 0.6) is 0 Å². The van der Waals surface area contributed by atoms with Gasteiger partial charge in [-0.25, -0.2) is 4.68 Å². The Bertz CT molecular complexity index is 258. The topological polar surface area (TPSA) is 56.7 Å². The highest BCUT2D eigenvalue weighted by atomic mass is 19.3. The van der Waals surface area contributed by atoms with Crippen LogP contribution in [0.15, 0.2) is 6.20 Å². The lowest BCUT2D eigenvalue weighted by atomic mass is 10.2. The van der Waals surface area contributed by atoms with Crippen molar-refractivity contribution in [2.75, 3.05) is 6.54 Å². The van der Waals surface area contributed by atoms with Gasteiger partial charge in [0.25, 0.3) is 5.92 Å². The molecule has 0 aliphatic heterocycles. The summed E-state index contributed by atoms with van der Waals surface area (Å²) in [5, 5.41) is 6.77. The summed E-state index contributed by atoms with van der Waals surface area (Å²) in [7, 11) is 1.42. The first kappa shape index (κ1) is 9.05. The molecule has 0 aliphatic carbocycles. The van der Waals surface area contributed by atoms with Crippen molar-refractivity contribution >= 4 is 0 Å². The minimum atomic E-state index is -2.92. The second kappa shape index (κ2) is 3.14. The summed E-state index contributed by atoms with van der Waals surface area (Å²) in [6.45, 7) is -0.0574. The fraction of sp³-hybridized carbons (Fsp3) is 0.667. The van der Waals surface area contributed by atoms with Crippen LogP contribution in [0.3, 0.4) is 0 Å². The molecular weight excluding hydrogens is 166 g/mol. The van der Waals surface area contributed by atoms with Crippen molar-refractivity contribution in [3.63, 3.8) is 0 Å². The van der Waals surface area contributed by atoms with Gasteiger partial charge in [0, 0.05) is 13.5 Å². The van der Waals surface area contributed by atoms with Crippen LogP contribution in [-0.4, -0.2) is 21.5 Å². The molecule has 1 rings (SSSR count). The van der Waals surface area contributed by atoms with E-state index in [9.17, 15) is 8.78 Å². The first-order chi connectivity index (χ1) is 5.58. The molecule has 0 spiro atoms. The van der Waals surface area contributed by atoms with Crippen molar-refractivity contribution in [2.45, 2.75) is 12.3 Å². The molecule has 0 aliphatic rings. The van der Waals surface area contributed by atoms with Gasteiger partial charge in [0.1, 0.15) is 5.69 Å². The lowest BCUT2D eigenvalue weighted by Crippen LogP contribution is -2.21. The minimum absolute atomic E-state index is 0.0574. The number of aryl methyl sites for hydroxylation is 1. The zero-order valence-electron chi connectivity index (χ0n) is 6.67. The maximum Gasteiger partial charge on any atom is 0.292 e. The van der Waals surface area contributed by atoms with Gasteiger partial charge in [0.2, 0.25) is 0 Å². The van der Waals surface area contributed by atoms with Crippen molar-refractivity contribution in [1.82, 2.24) is 15.0 Å². The first-order valence-corrected chi connectivity index (χ1v) is 3.51. The van der Waals surface area contributed by atoms with Crippen LogP contribution in [0.25, 0.3) is 0 Å². The minimum Gasteiger partial charge on any atom is -0.330 e. The van der Waals surface area contributed by atoms with Gasteiger partial charge in [0.05, 0.1) is 6.20 Å². The molecular formula is C6H10F2N4. The van der Waals surface area contributed by atoms with Gasteiger partial charge in [-0.3, -0.25) is 0 Å². The van der Waals surface area contributed by atoms with E-state index >= 15 is 0 Å². The van der Waals surface area contributed by atoms with E-state index in [-0.39, 0.29) is 18.7 Å². The Kier molecular flexibility index (Phi) is 2.37. The monoisotopic (exact) mass is 176 g/mol. The molecule has 0 radical (unpaired) electrons. The number of halogens is 2. The number of nitrogens with zero attached hydrogens (tertiary/aromatic N) is 3. The third kappa shape index (κ3) is 1.58. The number of nitrogens with two attached hydrogens (primary N) is 1. The molecule has 0 aromatic carbocycles. The lowest BCUT2D eigenvalue weighted by molar-refractivity contribution is -0.0187. The van der Waals surface area contributed by atoms with Crippen LogP contribution >= 0.6 is 0 Å². The standard InChI is InChI=1S/C6H10F2N4/c1-12-5(4-10-11-12)6(7,8)2-3-9/h4H,2-3,9H2,1H3. The first-order valence-electron chi connectivity index (χ1n) is 3.51. The van der Waals surface area contributed by atoms with Gasteiger partial charge in [-0.15, -0.1) is 5.10 Å². The Balaban J connectivity index is 2.88. The summed E-state index contributed by atoms with van der Waals surface area (Å²) in [4.78, 5) is 0. The van der Waals surface area contributed by atoms with Crippen LogP contribution in [0.1, 0.15) is 12.1 Å². The highest BCUT2D eigenvalue weighted by Gasteiger charge is 2.33. The number of alkyl halides is 2. The van der Waals surface area contributed by atoms with E-state index in [0.717, 1.165) is 10.9 Å². The molecule has 0 fully saturated rings. The Morgan fingerprint density at radius 3 is 2.75 bits per heavy atom. The predicted molar refractivity (Wildman–Crippen MR) is 38.6 cm³/mol. The van der Waals surface area contributed by atoms with Gasteiger partial charge in [0.15, 0.2) is 0 Å². The Morgan fingerprint density at radius 1 is 1.67 bits per heavy atom. The smallest absolute Gasteiger partial charge is 0.292 e. The molecule has 1 heterocycles. The predicted octanol–water partition coefficient (Wildman–Crippen LogP) is 0.256. The molecule has 4 nitrogen and oxygen atoms in total. The molecule has 1 aromatic rings. The quantitative estimate of drug-likeness (QED) is 0.718. The highest BCUT2D eigenvalue weighted by Crippen LogP contribution is 2.29. The zero-order chi connectivity index (χ0) is 9.19. The maximum atomic E-state index is 13.1. The average molecular weight is 176 g/mol. The van der Waals surface area contributed by atoms with Crippen LogP contribution in [-0.2, 0) is 13.0 Å². The fourth-order valence-electron chi connectivity index (χ4n) is 0.930. The Morgan fingerprint density at radius 2 is 2.33 bits per heavy atom. The summed E-state index contributed by atoms with van der Waals surface area (Å²) in [5.41, 5.74) is 4.84. The fourth-order valence-corrected chi connectivity index (χ4v) is 0.930. The number of hydrogen-bond donors (Lipinski definition) is 1. The van der Waals surface area contributed by atoms with Crippen LogP contribution in [0.2, 0.25) is 0 Å². The lowest BCUT2D eigenvalue weighted by Gasteiger charge is -2.13. The SMILES string of the molecule is Cn1nncc1C(F)(F)CCN. The van der Waals surface area contributed by atoms with E-state index in [4.69, 9.17) is 5.73 Å². The second-order valence-corrected chi connectivity index (χ2v) is 2.49. The van der Waals surface area contributed by atoms with Crippen molar-refractivity contribution < 1.29 is 8.78 Å². The van der Waals surface area contributed by atoms with Crippen LogP contribution < -0.4 is 5.73 Å². The molecule has 12 heavy (non-hydrogen) atoms. The van der Waals surface area contributed by atoms with Gasteiger partial charge in [-0.1, -0.05) is 5.21 Å². The molecule has 0 atom stereocenters. The largest absolute Gasteiger partial charge is 0.330 e. The molecule has 6 heteroatoms. The van der Waals surface area contributed by atoms with Crippen molar-refractivity contribution in [2.24, 2.45) is 12.8 Å². The summed E-state index contributed by atoms with van der Waals surface area (Å²) in [6, 6.07) is 0. The van der Waals surface area contributed by atoms with Gasteiger partial charge < -0.3 is 5.73 Å². The van der Waals surface area contributed by atoms with E-state index in [0.29, 0.717) is 0 Å². The average Bonchev–Trinajstić information content (AvgIpc) is 2.35. The third-order valence-corrected chi connectivity index (χ3v) is 1.55. The summed E-state index contributed by atoms with van der Waals surface area (Å²) in [5.74, 6) is -2.92. The molecule has 0 unspecified atom stereocenters. The van der Waals surface area contributed by atoms with Crippen LogP contribution in [0.4, 0.5) is 8.78 Å². The van der Waals surface area contributed by atoms with Crippen molar-refractivity contribution in [3.05, 3.63) is 11.9 Å². The summed E-state index contributed by atoms with van der Waals surface area (Å²) >= 11 is 0. The highest BCUT2D eigenvalue weighted by molar-refractivity contribution is 5.02.